The Balaban J connectivity index is 2.16. The standard InChI is InChI=1S/C26H19F2N3O2/c1-15-13-16(2)30-26-24(15)21(14-29)22(11-12-23(32)33)31(26)25(17-3-7-19(27)8-4-17)18-5-9-20(28)10-6-18/h3-13,25H,1-2H3,(H,32,33). The number of aromatic nitrogens is 2. The molecule has 0 amide bonds. The smallest absolute Gasteiger partial charge is 0.328 e. The van der Waals surface area contributed by atoms with Crippen molar-refractivity contribution in [1.82, 2.24) is 9.55 Å². The number of fused-ring (bicyclic) bond motifs is 1. The van der Waals surface area contributed by atoms with Gasteiger partial charge in [0.1, 0.15) is 23.4 Å². The van der Waals surface area contributed by atoms with E-state index in [1.165, 1.54) is 30.3 Å². The fraction of sp³-hybridized carbons (Fsp3) is 0.115. The van der Waals surface area contributed by atoms with Gasteiger partial charge in [0.15, 0.2) is 0 Å². The van der Waals surface area contributed by atoms with Crippen molar-refractivity contribution in [3.63, 3.8) is 0 Å². The zero-order valence-corrected chi connectivity index (χ0v) is 17.9. The number of benzene rings is 2. The molecule has 4 aromatic rings. The minimum Gasteiger partial charge on any atom is -0.478 e. The van der Waals surface area contributed by atoms with Crippen LogP contribution in [0.2, 0.25) is 0 Å². The molecule has 0 spiro atoms. The van der Waals surface area contributed by atoms with Gasteiger partial charge in [0, 0.05) is 17.2 Å². The number of hydrogen-bond acceptors (Lipinski definition) is 3. The third-order valence-electron chi connectivity index (χ3n) is 5.44. The quantitative estimate of drug-likeness (QED) is 0.411. The zero-order valence-electron chi connectivity index (χ0n) is 17.9. The Morgan fingerprint density at radius 3 is 2.09 bits per heavy atom. The van der Waals surface area contributed by atoms with Gasteiger partial charge in [0.05, 0.1) is 17.3 Å². The van der Waals surface area contributed by atoms with Crippen molar-refractivity contribution in [3.8, 4) is 6.07 Å². The molecule has 0 bridgehead atoms. The van der Waals surface area contributed by atoms with Gasteiger partial charge in [-0.05, 0) is 66.9 Å². The molecular weight excluding hydrogens is 424 g/mol. The highest BCUT2D eigenvalue weighted by molar-refractivity contribution is 5.94. The molecule has 33 heavy (non-hydrogen) atoms. The van der Waals surface area contributed by atoms with Gasteiger partial charge in [-0.3, -0.25) is 0 Å². The van der Waals surface area contributed by atoms with E-state index in [4.69, 9.17) is 0 Å². The Morgan fingerprint density at radius 1 is 1.06 bits per heavy atom. The van der Waals surface area contributed by atoms with E-state index < -0.39 is 23.6 Å². The summed E-state index contributed by atoms with van der Waals surface area (Å²) in [6.45, 7) is 3.69. The van der Waals surface area contributed by atoms with Crippen LogP contribution in [-0.2, 0) is 4.79 Å². The second-order valence-electron chi connectivity index (χ2n) is 7.70. The number of carbonyl (C=O) groups is 1. The SMILES string of the molecule is Cc1cc(C)c2c(C#N)c(C=CC(=O)O)n(C(c3ccc(F)cc3)c3ccc(F)cc3)c2n1. The van der Waals surface area contributed by atoms with Gasteiger partial charge in [-0.2, -0.15) is 5.26 Å². The summed E-state index contributed by atoms with van der Waals surface area (Å²) < 4.78 is 29.2. The first kappa shape index (κ1) is 21.9. The molecule has 0 saturated heterocycles. The highest BCUT2D eigenvalue weighted by Crippen LogP contribution is 2.37. The number of aliphatic carboxylic acids is 1. The summed E-state index contributed by atoms with van der Waals surface area (Å²) in [6, 6.07) is 15.1. The molecular formula is C26H19F2N3O2. The molecule has 0 atom stereocenters. The van der Waals surface area contributed by atoms with Gasteiger partial charge in [-0.1, -0.05) is 24.3 Å². The third kappa shape index (κ3) is 4.11. The number of carboxylic acid groups (broad SMARTS) is 1. The maximum Gasteiger partial charge on any atom is 0.328 e. The first-order chi connectivity index (χ1) is 15.8. The average Bonchev–Trinajstić information content (AvgIpc) is 3.08. The van der Waals surface area contributed by atoms with E-state index in [9.17, 15) is 23.9 Å². The van der Waals surface area contributed by atoms with Crippen LogP contribution in [0.25, 0.3) is 17.1 Å². The lowest BCUT2D eigenvalue weighted by Gasteiger charge is -2.23. The Kier molecular flexibility index (Phi) is 5.76. The first-order valence-electron chi connectivity index (χ1n) is 10.1. The molecule has 0 saturated carbocycles. The minimum atomic E-state index is -1.17. The Bertz CT molecular complexity index is 1380. The van der Waals surface area contributed by atoms with Gasteiger partial charge in [0.25, 0.3) is 0 Å². The molecule has 2 aromatic heterocycles. The molecule has 4 rings (SSSR count). The van der Waals surface area contributed by atoms with Crippen LogP contribution in [0, 0.1) is 36.8 Å². The lowest BCUT2D eigenvalue weighted by molar-refractivity contribution is -0.131. The molecule has 5 nitrogen and oxygen atoms in total. The van der Waals surface area contributed by atoms with Crippen molar-refractivity contribution in [3.05, 3.63) is 106 Å². The molecule has 0 fully saturated rings. The maximum absolute atomic E-state index is 13.7. The Hall–Kier alpha value is -4.31. The zero-order chi connectivity index (χ0) is 23.7. The predicted molar refractivity (Wildman–Crippen MR) is 121 cm³/mol. The number of nitriles is 1. The summed E-state index contributed by atoms with van der Waals surface area (Å²) in [6.07, 6.45) is 2.32. The second kappa shape index (κ2) is 8.67. The number of nitrogens with zero attached hydrogens (tertiary/aromatic N) is 3. The normalized spacial score (nSPS) is 11.4. The van der Waals surface area contributed by atoms with Crippen LogP contribution in [0.3, 0.4) is 0 Å². The van der Waals surface area contributed by atoms with Crippen LogP contribution >= 0.6 is 0 Å². The molecule has 2 heterocycles. The van der Waals surface area contributed by atoms with E-state index >= 15 is 0 Å². The minimum absolute atomic E-state index is 0.279. The van der Waals surface area contributed by atoms with Crippen molar-refractivity contribution in [2.75, 3.05) is 0 Å². The number of rotatable bonds is 5. The largest absolute Gasteiger partial charge is 0.478 e. The summed E-state index contributed by atoms with van der Waals surface area (Å²) in [7, 11) is 0. The van der Waals surface area contributed by atoms with Crippen molar-refractivity contribution in [2.24, 2.45) is 0 Å². The van der Waals surface area contributed by atoms with Crippen molar-refractivity contribution < 1.29 is 18.7 Å². The van der Waals surface area contributed by atoms with Gasteiger partial charge in [0.2, 0.25) is 0 Å². The van der Waals surface area contributed by atoms with E-state index in [1.54, 1.807) is 28.8 Å². The molecule has 0 aliphatic heterocycles. The van der Waals surface area contributed by atoms with Crippen LogP contribution in [0.5, 0.6) is 0 Å². The number of halogens is 2. The van der Waals surface area contributed by atoms with Crippen molar-refractivity contribution in [2.45, 2.75) is 19.9 Å². The van der Waals surface area contributed by atoms with E-state index in [2.05, 4.69) is 11.1 Å². The molecule has 164 valence electrons. The van der Waals surface area contributed by atoms with E-state index in [0.29, 0.717) is 33.5 Å². The highest BCUT2D eigenvalue weighted by atomic mass is 19.1. The number of hydrogen-bond donors (Lipinski definition) is 1. The summed E-state index contributed by atoms with van der Waals surface area (Å²) in [4.78, 5) is 16.0. The van der Waals surface area contributed by atoms with Crippen molar-refractivity contribution >= 4 is 23.1 Å². The molecule has 0 aliphatic rings. The number of carboxylic acids is 1. The van der Waals surface area contributed by atoms with Crippen LogP contribution in [-0.4, -0.2) is 20.6 Å². The monoisotopic (exact) mass is 443 g/mol. The van der Waals surface area contributed by atoms with E-state index in [0.717, 1.165) is 11.6 Å². The number of pyridine rings is 1. The van der Waals surface area contributed by atoms with E-state index in [1.807, 2.05) is 19.9 Å². The van der Waals surface area contributed by atoms with Crippen LogP contribution in [0.15, 0.2) is 60.7 Å². The molecule has 7 heteroatoms. The van der Waals surface area contributed by atoms with Crippen LogP contribution in [0.4, 0.5) is 8.78 Å². The molecule has 1 N–H and O–H groups in total. The lowest BCUT2D eigenvalue weighted by Crippen LogP contribution is -2.15. The molecule has 0 radical (unpaired) electrons. The number of aryl methyl sites for hydroxylation is 2. The fourth-order valence-corrected chi connectivity index (χ4v) is 4.13. The molecule has 0 aliphatic carbocycles. The summed E-state index contributed by atoms with van der Waals surface area (Å²) >= 11 is 0. The molecule has 0 unspecified atom stereocenters. The van der Waals surface area contributed by atoms with Crippen molar-refractivity contribution in [1.29, 1.82) is 5.26 Å². The Labute approximate surface area is 188 Å². The molecule has 2 aromatic carbocycles. The summed E-state index contributed by atoms with van der Waals surface area (Å²) in [5, 5.41) is 19.9. The second-order valence-corrected chi connectivity index (χ2v) is 7.70. The predicted octanol–water partition coefficient (Wildman–Crippen LogP) is 5.54. The highest BCUT2D eigenvalue weighted by Gasteiger charge is 2.27. The fourth-order valence-electron chi connectivity index (χ4n) is 4.13. The van der Waals surface area contributed by atoms with Gasteiger partial charge in [-0.25, -0.2) is 18.6 Å². The maximum atomic E-state index is 13.7. The Morgan fingerprint density at radius 2 is 1.61 bits per heavy atom. The third-order valence-corrected chi connectivity index (χ3v) is 5.44. The van der Waals surface area contributed by atoms with Crippen LogP contribution < -0.4 is 0 Å². The van der Waals surface area contributed by atoms with Gasteiger partial charge >= 0.3 is 5.97 Å². The van der Waals surface area contributed by atoms with E-state index in [-0.39, 0.29) is 5.56 Å². The van der Waals surface area contributed by atoms with Crippen LogP contribution in [0.1, 0.15) is 39.7 Å². The lowest BCUT2D eigenvalue weighted by atomic mass is 9.97. The topological polar surface area (TPSA) is 78.9 Å². The van der Waals surface area contributed by atoms with Gasteiger partial charge in [-0.15, -0.1) is 0 Å². The van der Waals surface area contributed by atoms with Gasteiger partial charge < -0.3 is 9.67 Å². The summed E-state index contributed by atoms with van der Waals surface area (Å²) in [5.74, 6) is -2.00. The first-order valence-corrected chi connectivity index (χ1v) is 10.1. The average molecular weight is 443 g/mol. The summed E-state index contributed by atoms with van der Waals surface area (Å²) in [5.41, 5.74) is 3.96.